The number of anilines is 1. The highest BCUT2D eigenvalue weighted by Crippen LogP contribution is 2.27. The summed E-state index contributed by atoms with van der Waals surface area (Å²) in [6, 6.07) is 11.2. The number of aromatic nitrogens is 2. The summed E-state index contributed by atoms with van der Waals surface area (Å²) in [7, 11) is -3.87. The number of nitrogens with two attached hydrogens (primary N) is 1. The number of hydrogen-bond acceptors (Lipinski definition) is 8. The van der Waals surface area contributed by atoms with Gasteiger partial charge in [-0.3, -0.25) is 0 Å². The van der Waals surface area contributed by atoms with E-state index in [2.05, 4.69) is 9.97 Å². The summed E-state index contributed by atoms with van der Waals surface area (Å²) >= 11 is 6.13. The van der Waals surface area contributed by atoms with Crippen LogP contribution in [0.1, 0.15) is 16.2 Å². The molecule has 0 radical (unpaired) electrons. The first-order valence-electron chi connectivity index (χ1n) is 9.42. The zero-order valence-corrected chi connectivity index (χ0v) is 17.9. The molecule has 0 aliphatic carbocycles. The minimum absolute atomic E-state index is 0.0219. The molecule has 1 aromatic heterocycles. The van der Waals surface area contributed by atoms with Crippen molar-refractivity contribution in [1.29, 1.82) is 0 Å². The molecule has 0 unspecified atom stereocenters. The lowest BCUT2D eigenvalue weighted by Gasteiger charge is -2.26. The Balaban J connectivity index is 1.53. The van der Waals surface area contributed by atoms with Crippen LogP contribution in [-0.2, 0) is 26.1 Å². The summed E-state index contributed by atoms with van der Waals surface area (Å²) in [5, 5.41) is 0.724. The van der Waals surface area contributed by atoms with E-state index in [1.165, 1.54) is 22.5 Å². The predicted molar refractivity (Wildman–Crippen MR) is 114 cm³/mol. The monoisotopic (exact) mass is 462 g/mol. The molecule has 4 rings (SSSR count). The number of esters is 1. The van der Waals surface area contributed by atoms with Gasteiger partial charge in [0, 0.05) is 18.5 Å². The first kappa shape index (κ1) is 21.4. The molecule has 2 aromatic carbocycles. The molecule has 0 atom stereocenters. The maximum absolute atomic E-state index is 12.9. The van der Waals surface area contributed by atoms with Crippen molar-refractivity contribution in [3.05, 3.63) is 58.9 Å². The van der Waals surface area contributed by atoms with Crippen LogP contribution < -0.4 is 5.73 Å². The van der Waals surface area contributed by atoms with Crippen LogP contribution in [0.2, 0.25) is 5.02 Å². The number of hydrogen-bond donors (Lipinski definition) is 1. The molecule has 3 aromatic rings. The Kier molecular flexibility index (Phi) is 6.05. The Morgan fingerprint density at radius 3 is 2.68 bits per heavy atom. The van der Waals surface area contributed by atoms with Crippen molar-refractivity contribution in [2.75, 3.05) is 32.0 Å². The number of sulfonamides is 1. The third-order valence-electron chi connectivity index (χ3n) is 4.77. The number of fused-ring (bicyclic) bond motifs is 1. The van der Waals surface area contributed by atoms with Gasteiger partial charge >= 0.3 is 5.97 Å². The van der Waals surface area contributed by atoms with Crippen LogP contribution in [0.3, 0.4) is 0 Å². The second-order valence-corrected chi connectivity index (χ2v) is 9.09. The number of carbonyl (C=O) groups is 1. The first-order valence-corrected chi connectivity index (χ1v) is 11.2. The van der Waals surface area contributed by atoms with Gasteiger partial charge in [-0.05, 0) is 30.3 Å². The Morgan fingerprint density at radius 1 is 1.16 bits per heavy atom. The number of benzene rings is 2. The summed E-state index contributed by atoms with van der Waals surface area (Å²) in [6.45, 7) is 0.811. The number of rotatable bonds is 5. The van der Waals surface area contributed by atoms with Crippen molar-refractivity contribution in [3.8, 4) is 0 Å². The van der Waals surface area contributed by atoms with E-state index in [4.69, 9.17) is 26.8 Å². The minimum atomic E-state index is -3.87. The van der Waals surface area contributed by atoms with Gasteiger partial charge in [-0.1, -0.05) is 23.7 Å². The molecule has 0 spiro atoms. The molecule has 31 heavy (non-hydrogen) atoms. The van der Waals surface area contributed by atoms with Crippen LogP contribution in [0.4, 0.5) is 5.82 Å². The number of carbonyl (C=O) groups excluding carboxylic acids is 1. The molecule has 11 heteroatoms. The highest BCUT2D eigenvalue weighted by molar-refractivity contribution is 7.89. The highest BCUT2D eigenvalue weighted by atomic mass is 35.5. The summed E-state index contributed by atoms with van der Waals surface area (Å²) < 4.78 is 37.6. The summed E-state index contributed by atoms with van der Waals surface area (Å²) in [5.41, 5.74) is 6.62. The van der Waals surface area contributed by atoms with E-state index < -0.39 is 16.0 Å². The topological polar surface area (TPSA) is 125 Å². The van der Waals surface area contributed by atoms with Gasteiger partial charge in [0.1, 0.15) is 10.7 Å². The number of nitrogens with zero attached hydrogens (tertiary/aromatic N) is 3. The molecule has 1 saturated heterocycles. The first-order chi connectivity index (χ1) is 14.9. The second kappa shape index (κ2) is 8.75. The number of morpholine rings is 1. The summed E-state index contributed by atoms with van der Waals surface area (Å²) in [6.07, 6.45) is 0. The lowest BCUT2D eigenvalue weighted by atomic mass is 10.2. The average molecular weight is 463 g/mol. The third kappa shape index (κ3) is 4.47. The Morgan fingerprint density at radius 2 is 1.90 bits per heavy atom. The van der Waals surface area contributed by atoms with Crippen LogP contribution in [0.25, 0.3) is 10.9 Å². The van der Waals surface area contributed by atoms with E-state index in [0.717, 1.165) is 0 Å². The molecule has 0 bridgehead atoms. The molecule has 1 aliphatic rings. The van der Waals surface area contributed by atoms with Gasteiger partial charge in [0.25, 0.3) is 0 Å². The number of ether oxygens (including phenoxy) is 2. The summed E-state index contributed by atoms with van der Waals surface area (Å²) in [4.78, 5) is 20.9. The SMILES string of the molecule is Nc1nc(COC(=O)c2ccc(Cl)c(S(=O)(=O)N3CCOCC3)c2)nc2ccccc12. The highest BCUT2D eigenvalue weighted by Gasteiger charge is 2.29. The van der Waals surface area contributed by atoms with E-state index >= 15 is 0 Å². The van der Waals surface area contributed by atoms with Crippen molar-refractivity contribution in [1.82, 2.24) is 14.3 Å². The average Bonchev–Trinajstić information content (AvgIpc) is 2.78. The standard InChI is InChI=1S/C20H19ClN4O5S/c21-15-6-5-13(11-17(15)31(27,28)25-7-9-29-10-8-25)20(26)30-12-18-23-16-4-2-1-3-14(16)19(22)24-18/h1-6,11H,7-10,12H2,(H2,22,23,24). The van der Waals surface area contributed by atoms with Crippen LogP contribution in [0, 0.1) is 0 Å². The molecule has 2 N–H and O–H groups in total. The predicted octanol–water partition coefficient (Wildman–Crippen LogP) is 2.24. The second-order valence-electron chi connectivity index (χ2n) is 6.78. The molecule has 0 saturated carbocycles. The van der Waals surface area contributed by atoms with Gasteiger partial charge in [0.05, 0.1) is 29.3 Å². The van der Waals surface area contributed by atoms with E-state index in [9.17, 15) is 13.2 Å². The van der Waals surface area contributed by atoms with Gasteiger partial charge < -0.3 is 15.2 Å². The zero-order chi connectivity index (χ0) is 22.0. The zero-order valence-electron chi connectivity index (χ0n) is 16.3. The van der Waals surface area contributed by atoms with Crippen LogP contribution in [0.15, 0.2) is 47.4 Å². The van der Waals surface area contributed by atoms with Gasteiger partial charge in [0.2, 0.25) is 10.0 Å². The van der Waals surface area contributed by atoms with Crippen molar-refractivity contribution in [2.45, 2.75) is 11.5 Å². The number of nitrogen functional groups attached to an aromatic ring is 1. The van der Waals surface area contributed by atoms with Crippen molar-refractivity contribution in [2.24, 2.45) is 0 Å². The number of para-hydroxylation sites is 1. The Labute approximate surface area is 183 Å². The molecule has 1 aliphatic heterocycles. The van der Waals surface area contributed by atoms with E-state index in [0.29, 0.717) is 24.1 Å². The molecular formula is C20H19ClN4O5S. The lowest BCUT2D eigenvalue weighted by molar-refractivity contribution is 0.0462. The molecule has 2 heterocycles. The normalized spacial score (nSPS) is 15.1. The number of halogens is 1. The van der Waals surface area contributed by atoms with Crippen LogP contribution in [0.5, 0.6) is 0 Å². The molecule has 162 valence electrons. The largest absolute Gasteiger partial charge is 0.454 e. The van der Waals surface area contributed by atoms with Crippen molar-refractivity contribution >= 4 is 44.3 Å². The summed E-state index contributed by atoms with van der Waals surface area (Å²) in [5.74, 6) is -0.216. The van der Waals surface area contributed by atoms with E-state index in [-0.39, 0.29) is 46.8 Å². The Bertz CT molecular complexity index is 1250. The van der Waals surface area contributed by atoms with Gasteiger partial charge in [-0.2, -0.15) is 4.31 Å². The molecule has 9 nitrogen and oxygen atoms in total. The molecule has 1 fully saturated rings. The molecule has 0 amide bonds. The quantitative estimate of drug-likeness (QED) is 0.572. The third-order valence-corrected chi connectivity index (χ3v) is 7.15. The smallest absolute Gasteiger partial charge is 0.338 e. The van der Waals surface area contributed by atoms with Crippen LogP contribution in [-0.4, -0.2) is 55.0 Å². The fourth-order valence-corrected chi connectivity index (χ4v) is 5.09. The van der Waals surface area contributed by atoms with Crippen molar-refractivity contribution < 1.29 is 22.7 Å². The minimum Gasteiger partial charge on any atom is -0.454 e. The lowest BCUT2D eigenvalue weighted by Crippen LogP contribution is -2.40. The molecular weight excluding hydrogens is 444 g/mol. The van der Waals surface area contributed by atoms with Gasteiger partial charge in [0.15, 0.2) is 12.4 Å². The fourth-order valence-electron chi connectivity index (χ4n) is 3.18. The van der Waals surface area contributed by atoms with Crippen molar-refractivity contribution in [3.63, 3.8) is 0 Å². The van der Waals surface area contributed by atoms with E-state index in [1.54, 1.807) is 12.1 Å². The van der Waals surface area contributed by atoms with Gasteiger partial charge in [-0.25, -0.2) is 23.2 Å². The van der Waals surface area contributed by atoms with E-state index in [1.807, 2.05) is 12.1 Å². The maximum Gasteiger partial charge on any atom is 0.338 e. The maximum atomic E-state index is 12.9. The Hall–Kier alpha value is -2.79. The fraction of sp³-hybridized carbons (Fsp3) is 0.250. The van der Waals surface area contributed by atoms with Gasteiger partial charge in [-0.15, -0.1) is 0 Å². The van der Waals surface area contributed by atoms with Crippen LogP contribution >= 0.6 is 11.6 Å².